The zero-order valence-corrected chi connectivity index (χ0v) is 12.6. The Kier molecular flexibility index (Phi) is 5.05. The highest BCUT2D eigenvalue weighted by Crippen LogP contribution is 2.28. The number of carboxylic acids is 1. The highest BCUT2D eigenvalue weighted by atomic mass is 32.1. The summed E-state index contributed by atoms with van der Waals surface area (Å²) in [5, 5.41) is 8.71. The molecule has 1 rings (SSSR count). The molecule has 1 aromatic rings. The lowest BCUT2D eigenvalue weighted by Gasteiger charge is -2.22. The fourth-order valence-corrected chi connectivity index (χ4v) is 2.67. The first kappa shape index (κ1) is 15.6. The summed E-state index contributed by atoms with van der Waals surface area (Å²) in [6, 6.07) is 0. The van der Waals surface area contributed by atoms with Gasteiger partial charge in [-0.3, -0.25) is 9.59 Å². The molecule has 106 valence electrons. The van der Waals surface area contributed by atoms with Gasteiger partial charge in [0.05, 0.1) is 17.6 Å². The molecule has 0 aliphatic heterocycles. The molecule has 1 N–H and O–H groups in total. The molecule has 19 heavy (non-hydrogen) atoms. The third kappa shape index (κ3) is 4.02. The van der Waals surface area contributed by atoms with Gasteiger partial charge in [0.1, 0.15) is 4.88 Å². The smallest absolute Gasteiger partial charge is 0.305 e. The van der Waals surface area contributed by atoms with Crippen LogP contribution in [-0.4, -0.2) is 40.0 Å². The van der Waals surface area contributed by atoms with Crippen molar-refractivity contribution < 1.29 is 14.7 Å². The number of carbonyl (C=O) groups excluding carboxylic acids is 1. The van der Waals surface area contributed by atoms with Crippen molar-refractivity contribution in [2.45, 2.75) is 39.5 Å². The van der Waals surface area contributed by atoms with Crippen molar-refractivity contribution in [3.8, 4) is 0 Å². The SMILES string of the molecule is CCN(CCC(=O)O)C(=O)c1scnc1C(C)(C)C. The average molecular weight is 284 g/mol. The van der Waals surface area contributed by atoms with Crippen LogP contribution < -0.4 is 0 Å². The van der Waals surface area contributed by atoms with Crippen LogP contribution >= 0.6 is 11.3 Å². The number of aliphatic carboxylic acids is 1. The number of carboxylic acid groups (broad SMARTS) is 1. The van der Waals surface area contributed by atoms with E-state index >= 15 is 0 Å². The normalized spacial score (nSPS) is 11.4. The van der Waals surface area contributed by atoms with Crippen molar-refractivity contribution in [1.29, 1.82) is 0 Å². The van der Waals surface area contributed by atoms with Gasteiger partial charge < -0.3 is 10.0 Å². The summed E-state index contributed by atoms with van der Waals surface area (Å²) in [7, 11) is 0. The minimum atomic E-state index is -0.897. The molecule has 0 saturated carbocycles. The molecule has 0 bridgehead atoms. The molecule has 0 aromatic carbocycles. The van der Waals surface area contributed by atoms with Gasteiger partial charge >= 0.3 is 5.97 Å². The first-order valence-electron chi connectivity index (χ1n) is 6.22. The van der Waals surface area contributed by atoms with Gasteiger partial charge in [0.25, 0.3) is 5.91 Å². The molecule has 0 fully saturated rings. The maximum Gasteiger partial charge on any atom is 0.305 e. The van der Waals surface area contributed by atoms with Crippen LogP contribution in [0.25, 0.3) is 0 Å². The van der Waals surface area contributed by atoms with Crippen LogP contribution in [0.4, 0.5) is 0 Å². The Morgan fingerprint density at radius 2 is 2.05 bits per heavy atom. The summed E-state index contributed by atoms with van der Waals surface area (Å²) < 4.78 is 0. The summed E-state index contributed by atoms with van der Waals surface area (Å²) in [5.74, 6) is -1.03. The van der Waals surface area contributed by atoms with Crippen LogP contribution in [0, 0.1) is 0 Å². The third-order valence-corrected chi connectivity index (χ3v) is 3.55. The standard InChI is InChI=1S/C13H20N2O3S/c1-5-15(7-6-9(16)17)12(18)10-11(13(2,3)4)14-8-19-10/h8H,5-7H2,1-4H3,(H,16,17). The van der Waals surface area contributed by atoms with Crippen LogP contribution in [0.15, 0.2) is 5.51 Å². The summed E-state index contributed by atoms with van der Waals surface area (Å²) >= 11 is 1.31. The molecule has 1 heterocycles. The van der Waals surface area contributed by atoms with Crippen LogP contribution in [0.5, 0.6) is 0 Å². The van der Waals surface area contributed by atoms with Gasteiger partial charge in [-0.1, -0.05) is 20.8 Å². The monoisotopic (exact) mass is 284 g/mol. The lowest BCUT2D eigenvalue weighted by Crippen LogP contribution is -2.33. The first-order valence-corrected chi connectivity index (χ1v) is 7.10. The molecule has 0 saturated heterocycles. The summed E-state index contributed by atoms with van der Waals surface area (Å²) in [5.41, 5.74) is 2.24. The van der Waals surface area contributed by atoms with E-state index < -0.39 is 5.97 Å². The number of nitrogens with zero attached hydrogens (tertiary/aromatic N) is 2. The molecule has 0 unspecified atom stereocenters. The maximum absolute atomic E-state index is 12.4. The Hall–Kier alpha value is -1.43. The average Bonchev–Trinajstić information content (AvgIpc) is 2.77. The van der Waals surface area contributed by atoms with Crippen molar-refractivity contribution in [3.63, 3.8) is 0 Å². The molecular weight excluding hydrogens is 264 g/mol. The van der Waals surface area contributed by atoms with E-state index in [1.807, 2.05) is 27.7 Å². The number of hydrogen-bond acceptors (Lipinski definition) is 4. The molecule has 0 aliphatic rings. The van der Waals surface area contributed by atoms with Crippen LogP contribution in [0.2, 0.25) is 0 Å². The molecule has 1 aromatic heterocycles. The Bertz CT molecular complexity index is 463. The van der Waals surface area contributed by atoms with Crippen LogP contribution in [0.3, 0.4) is 0 Å². The van der Waals surface area contributed by atoms with Crippen LogP contribution in [-0.2, 0) is 10.2 Å². The quantitative estimate of drug-likeness (QED) is 0.901. The van der Waals surface area contributed by atoms with E-state index in [4.69, 9.17) is 5.11 Å². The predicted molar refractivity (Wildman–Crippen MR) is 74.6 cm³/mol. The summed E-state index contributed by atoms with van der Waals surface area (Å²) in [4.78, 5) is 29.5. The number of carbonyl (C=O) groups is 2. The Labute approximate surface area is 117 Å². The summed E-state index contributed by atoms with van der Waals surface area (Å²) in [6.45, 7) is 8.59. The molecule has 0 atom stereocenters. The second-order valence-corrected chi connectivity index (χ2v) is 6.16. The maximum atomic E-state index is 12.4. The Morgan fingerprint density at radius 3 is 2.53 bits per heavy atom. The molecule has 1 amide bonds. The van der Waals surface area contributed by atoms with E-state index in [0.717, 1.165) is 5.69 Å². The van der Waals surface area contributed by atoms with Crippen molar-refractivity contribution in [3.05, 3.63) is 16.1 Å². The van der Waals surface area contributed by atoms with Gasteiger partial charge in [-0.05, 0) is 6.92 Å². The fraction of sp³-hybridized carbons (Fsp3) is 0.615. The number of hydrogen-bond donors (Lipinski definition) is 1. The Balaban J connectivity index is 2.92. The van der Waals surface area contributed by atoms with Gasteiger partial charge in [0.15, 0.2) is 0 Å². The van der Waals surface area contributed by atoms with Gasteiger partial charge in [-0.2, -0.15) is 0 Å². The zero-order valence-electron chi connectivity index (χ0n) is 11.8. The molecule has 0 spiro atoms. The Morgan fingerprint density at radius 1 is 1.42 bits per heavy atom. The molecule has 0 radical (unpaired) electrons. The number of amides is 1. The second-order valence-electron chi connectivity index (χ2n) is 5.31. The van der Waals surface area contributed by atoms with Gasteiger partial charge in [0, 0.05) is 18.5 Å². The number of rotatable bonds is 5. The van der Waals surface area contributed by atoms with Gasteiger partial charge in [-0.15, -0.1) is 11.3 Å². The van der Waals surface area contributed by atoms with E-state index in [-0.39, 0.29) is 24.3 Å². The van der Waals surface area contributed by atoms with Crippen molar-refractivity contribution in [2.24, 2.45) is 0 Å². The fourth-order valence-electron chi connectivity index (χ4n) is 1.71. The lowest BCUT2D eigenvalue weighted by atomic mass is 9.91. The van der Waals surface area contributed by atoms with E-state index in [1.54, 1.807) is 10.4 Å². The molecule has 0 aliphatic carbocycles. The zero-order chi connectivity index (χ0) is 14.6. The van der Waals surface area contributed by atoms with E-state index in [0.29, 0.717) is 11.4 Å². The minimum Gasteiger partial charge on any atom is -0.481 e. The molecule has 5 nitrogen and oxygen atoms in total. The predicted octanol–water partition coefficient (Wildman–Crippen LogP) is 2.38. The number of thiazole rings is 1. The summed E-state index contributed by atoms with van der Waals surface area (Å²) in [6.07, 6.45) is -0.0385. The van der Waals surface area contributed by atoms with E-state index in [2.05, 4.69) is 4.98 Å². The second kappa shape index (κ2) is 6.14. The van der Waals surface area contributed by atoms with Crippen molar-refractivity contribution in [1.82, 2.24) is 9.88 Å². The number of aromatic nitrogens is 1. The highest BCUT2D eigenvalue weighted by molar-refractivity contribution is 7.11. The first-order chi connectivity index (χ1) is 8.77. The van der Waals surface area contributed by atoms with Crippen molar-refractivity contribution >= 4 is 23.2 Å². The van der Waals surface area contributed by atoms with Crippen LogP contribution in [0.1, 0.15) is 49.5 Å². The minimum absolute atomic E-state index is 0.0385. The van der Waals surface area contributed by atoms with Crippen molar-refractivity contribution in [2.75, 3.05) is 13.1 Å². The molecule has 6 heteroatoms. The van der Waals surface area contributed by atoms with E-state index in [9.17, 15) is 9.59 Å². The lowest BCUT2D eigenvalue weighted by molar-refractivity contribution is -0.137. The van der Waals surface area contributed by atoms with E-state index in [1.165, 1.54) is 11.3 Å². The third-order valence-electron chi connectivity index (χ3n) is 2.74. The van der Waals surface area contributed by atoms with Gasteiger partial charge in [-0.25, -0.2) is 4.98 Å². The van der Waals surface area contributed by atoms with Gasteiger partial charge in [0.2, 0.25) is 0 Å². The largest absolute Gasteiger partial charge is 0.481 e. The highest BCUT2D eigenvalue weighted by Gasteiger charge is 2.27. The molecular formula is C13H20N2O3S. The topological polar surface area (TPSA) is 70.5 Å².